The van der Waals surface area contributed by atoms with Crippen LogP contribution in [0.25, 0.3) is 10.8 Å². The molecule has 1 heterocycles. The molecule has 0 bridgehead atoms. The van der Waals surface area contributed by atoms with Crippen molar-refractivity contribution in [2.24, 2.45) is 0 Å². The Bertz CT molecular complexity index is 779. The van der Waals surface area contributed by atoms with Crippen LogP contribution in [0.2, 0.25) is 0 Å². The van der Waals surface area contributed by atoms with Gasteiger partial charge in [-0.2, -0.15) is 0 Å². The molecule has 0 saturated carbocycles. The fourth-order valence-electron chi connectivity index (χ4n) is 2.75. The molecule has 0 fully saturated rings. The molecule has 1 atom stereocenters. The molecule has 0 spiro atoms. The molecular weight excluding hydrogens is 302 g/mol. The van der Waals surface area contributed by atoms with E-state index < -0.39 is 0 Å². The lowest BCUT2D eigenvalue weighted by Gasteiger charge is -2.15. The molecule has 0 aliphatic rings. The number of thiophene rings is 1. The Kier molecular flexibility index (Phi) is 5.09. The maximum absolute atomic E-state index is 12.1. The Hall–Kier alpha value is -2.13. The minimum Gasteiger partial charge on any atom is -0.350 e. The SMILES string of the molecule is C[C@@H](NC(=O)CCCc1cccs1)c1ccc2ccccc2c1. The molecule has 2 nitrogen and oxygen atoms in total. The molecular formula is C20H21NOS. The quantitative estimate of drug-likeness (QED) is 0.671. The topological polar surface area (TPSA) is 29.1 Å². The van der Waals surface area contributed by atoms with Crippen molar-refractivity contribution < 1.29 is 4.79 Å². The summed E-state index contributed by atoms with van der Waals surface area (Å²) in [5.74, 6) is 0.127. The second-order valence-corrected chi connectivity index (χ2v) is 6.86. The van der Waals surface area contributed by atoms with Gasteiger partial charge in [0.2, 0.25) is 5.91 Å². The first-order valence-corrected chi connectivity index (χ1v) is 8.91. The van der Waals surface area contributed by atoms with E-state index in [9.17, 15) is 4.79 Å². The van der Waals surface area contributed by atoms with Crippen LogP contribution in [0.3, 0.4) is 0 Å². The van der Waals surface area contributed by atoms with Crippen LogP contribution < -0.4 is 5.32 Å². The molecule has 1 N–H and O–H groups in total. The predicted molar refractivity (Wildman–Crippen MR) is 97.8 cm³/mol. The fraction of sp³-hybridized carbons (Fsp3) is 0.250. The zero-order valence-electron chi connectivity index (χ0n) is 13.3. The first-order valence-electron chi connectivity index (χ1n) is 8.03. The smallest absolute Gasteiger partial charge is 0.220 e. The number of carbonyl (C=O) groups is 1. The van der Waals surface area contributed by atoms with Gasteiger partial charge in [0.1, 0.15) is 0 Å². The van der Waals surface area contributed by atoms with E-state index in [-0.39, 0.29) is 11.9 Å². The third kappa shape index (κ3) is 4.20. The van der Waals surface area contributed by atoms with Crippen molar-refractivity contribution in [1.82, 2.24) is 5.32 Å². The average molecular weight is 323 g/mol. The second kappa shape index (κ2) is 7.42. The van der Waals surface area contributed by atoms with Gasteiger partial charge in [-0.1, -0.05) is 42.5 Å². The highest BCUT2D eigenvalue weighted by atomic mass is 32.1. The number of carbonyl (C=O) groups excluding carboxylic acids is 1. The van der Waals surface area contributed by atoms with Gasteiger partial charge in [-0.25, -0.2) is 0 Å². The minimum absolute atomic E-state index is 0.0360. The van der Waals surface area contributed by atoms with Gasteiger partial charge in [0.05, 0.1) is 6.04 Å². The van der Waals surface area contributed by atoms with Gasteiger partial charge in [0.25, 0.3) is 0 Å². The van der Waals surface area contributed by atoms with Gasteiger partial charge in [-0.3, -0.25) is 4.79 Å². The third-order valence-electron chi connectivity index (χ3n) is 4.06. The normalized spacial score (nSPS) is 12.2. The molecule has 2 aromatic carbocycles. The number of benzene rings is 2. The predicted octanol–water partition coefficient (Wildman–Crippen LogP) is 5.10. The molecule has 0 saturated heterocycles. The van der Waals surface area contributed by atoms with E-state index in [2.05, 4.69) is 53.2 Å². The van der Waals surface area contributed by atoms with E-state index in [0.717, 1.165) is 18.4 Å². The maximum atomic E-state index is 12.1. The monoisotopic (exact) mass is 323 g/mol. The Morgan fingerprint density at radius 1 is 1.09 bits per heavy atom. The summed E-state index contributed by atoms with van der Waals surface area (Å²) in [7, 11) is 0. The first-order chi connectivity index (χ1) is 11.2. The summed E-state index contributed by atoms with van der Waals surface area (Å²) in [5.41, 5.74) is 1.15. The van der Waals surface area contributed by atoms with E-state index >= 15 is 0 Å². The van der Waals surface area contributed by atoms with Crippen LogP contribution in [-0.2, 0) is 11.2 Å². The molecule has 0 radical (unpaired) electrons. The van der Waals surface area contributed by atoms with Crippen molar-refractivity contribution in [1.29, 1.82) is 0 Å². The van der Waals surface area contributed by atoms with Crippen molar-refractivity contribution in [2.45, 2.75) is 32.2 Å². The fourth-order valence-corrected chi connectivity index (χ4v) is 3.50. The second-order valence-electron chi connectivity index (χ2n) is 5.83. The largest absolute Gasteiger partial charge is 0.350 e. The summed E-state index contributed by atoms with van der Waals surface area (Å²) in [5, 5.41) is 7.63. The van der Waals surface area contributed by atoms with Crippen molar-refractivity contribution >= 4 is 28.0 Å². The standard InChI is InChI=1S/C20H21NOS/c1-15(17-12-11-16-6-2-3-7-18(16)14-17)21-20(22)10-4-8-19-9-5-13-23-19/h2-3,5-7,9,11-15H,4,8,10H2,1H3,(H,21,22)/t15-/m1/s1. The minimum atomic E-state index is 0.0360. The number of nitrogens with one attached hydrogen (secondary N) is 1. The molecule has 0 aliphatic carbocycles. The molecule has 3 heteroatoms. The summed E-state index contributed by atoms with van der Waals surface area (Å²) in [6, 6.07) is 18.9. The van der Waals surface area contributed by atoms with Gasteiger partial charge in [-0.05, 0) is 53.6 Å². The number of rotatable bonds is 6. The number of fused-ring (bicyclic) bond motifs is 1. The zero-order valence-corrected chi connectivity index (χ0v) is 14.1. The van der Waals surface area contributed by atoms with Crippen LogP contribution in [0.1, 0.15) is 36.2 Å². The number of aryl methyl sites for hydroxylation is 1. The zero-order chi connectivity index (χ0) is 16.1. The van der Waals surface area contributed by atoms with Crippen LogP contribution in [0.15, 0.2) is 60.0 Å². The Morgan fingerprint density at radius 3 is 2.70 bits per heavy atom. The van der Waals surface area contributed by atoms with Crippen LogP contribution in [-0.4, -0.2) is 5.91 Å². The molecule has 0 unspecified atom stereocenters. The lowest BCUT2D eigenvalue weighted by atomic mass is 10.0. The summed E-state index contributed by atoms with van der Waals surface area (Å²) >= 11 is 1.75. The highest BCUT2D eigenvalue weighted by Crippen LogP contribution is 2.20. The Balaban J connectivity index is 1.54. The van der Waals surface area contributed by atoms with Gasteiger partial charge in [0, 0.05) is 11.3 Å². The summed E-state index contributed by atoms with van der Waals surface area (Å²) in [4.78, 5) is 13.5. The van der Waals surface area contributed by atoms with E-state index in [1.807, 2.05) is 19.1 Å². The molecule has 1 amide bonds. The van der Waals surface area contributed by atoms with Gasteiger partial charge >= 0.3 is 0 Å². The van der Waals surface area contributed by atoms with Crippen molar-refractivity contribution in [3.8, 4) is 0 Å². The van der Waals surface area contributed by atoms with Crippen LogP contribution in [0.5, 0.6) is 0 Å². The Morgan fingerprint density at radius 2 is 1.91 bits per heavy atom. The summed E-state index contributed by atoms with van der Waals surface area (Å²) in [6.45, 7) is 2.04. The lowest BCUT2D eigenvalue weighted by molar-refractivity contribution is -0.121. The summed E-state index contributed by atoms with van der Waals surface area (Å²) < 4.78 is 0. The highest BCUT2D eigenvalue weighted by Gasteiger charge is 2.10. The van der Waals surface area contributed by atoms with E-state index in [0.29, 0.717) is 6.42 Å². The van der Waals surface area contributed by atoms with Crippen LogP contribution >= 0.6 is 11.3 Å². The van der Waals surface area contributed by atoms with Crippen LogP contribution in [0.4, 0.5) is 0 Å². The number of amides is 1. The molecule has 1 aromatic heterocycles. The molecule has 3 rings (SSSR count). The van der Waals surface area contributed by atoms with Gasteiger partial charge in [0.15, 0.2) is 0 Å². The third-order valence-corrected chi connectivity index (χ3v) is 4.99. The summed E-state index contributed by atoms with van der Waals surface area (Å²) in [6.07, 6.45) is 2.46. The van der Waals surface area contributed by atoms with Gasteiger partial charge < -0.3 is 5.32 Å². The van der Waals surface area contributed by atoms with E-state index in [1.165, 1.54) is 15.6 Å². The van der Waals surface area contributed by atoms with Crippen LogP contribution in [0, 0.1) is 0 Å². The van der Waals surface area contributed by atoms with Crippen molar-refractivity contribution in [3.63, 3.8) is 0 Å². The van der Waals surface area contributed by atoms with E-state index in [4.69, 9.17) is 0 Å². The number of hydrogen-bond donors (Lipinski definition) is 1. The molecule has 118 valence electrons. The molecule has 3 aromatic rings. The maximum Gasteiger partial charge on any atom is 0.220 e. The first kappa shape index (κ1) is 15.8. The molecule has 23 heavy (non-hydrogen) atoms. The average Bonchev–Trinajstić information content (AvgIpc) is 3.07. The lowest BCUT2D eigenvalue weighted by Crippen LogP contribution is -2.26. The number of hydrogen-bond acceptors (Lipinski definition) is 2. The highest BCUT2D eigenvalue weighted by molar-refractivity contribution is 7.09. The molecule has 0 aliphatic heterocycles. The van der Waals surface area contributed by atoms with Gasteiger partial charge in [-0.15, -0.1) is 11.3 Å². The Labute approximate surface area is 141 Å². The van der Waals surface area contributed by atoms with E-state index in [1.54, 1.807) is 11.3 Å². The van der Waals surface area contributed by atoms with Crippen molar-refractivity contribution in [3.05, 3.63) is 70.4 Å². The van der Waals surface area contributed by atoms with Crippen molar-refractivity contribution in [2.75, 3.05) is 0 Å².